The van der Waals surface area contributed by atoms with Gasteiger partial charge >= 0.3 is 0 Å². The Bertz CT molecular complexity index is 977. The van der Waals surface area contributed by atoms with Crippen molar-refractivity contribution in [3.8, 4) is 6.19 Å². The summed E-state index contributed by atoms with van der Waals surface area (Å²) in [6, 6.07) is 3.59. The molecule has 0 bridgehead atoms. The topological polar surface area (TPSA) is 135 Å². The third-order valence-corrected chi connectivity index (χ3v) is 8.80. The maximum absolute atomic E-state index is 13.3. The maximum atomic E-state index is 13.3. The van der Waals surface area contributed by atoms with Crippen LogP contribution in [0.1, 0.15) is 32.1 Å². The Kier molecular flexibility index (Phi) is 14.5. The van der Waals surface area contributed by atoms with Gasteiger partial charge in [-0.3, -0.25) is 25.1 Å². The van der Waals surface area contributed by atoms with Gasteiger partial charge in [-0.05, 0) is 37.9 Å². The van der Waals surface area contributed by atoms with Crippen molar-refractivity contribution >= 4 is 21.7 Å². The number of aromatic nitrogens is 1. The summed E-state index contributed by atoms with van der Waals surface area (Å²) in [6.07, 6.45) is 9.17. The molecule has 1 aromatic rings. The molecule has 218 valence electrons. The number of pyridine rings is 1. The first-order valence-corrected chi connectivity index (χ1v) is 15.6. The second-order valence-electron chi connectivity index (χ2n) is 9.72. The van der Waals surface area contributed by atoms with Gasteiger partial charge in [0.25, 0.3) is 0 Å². The lowest BCUT2D eigenvalue weighted by Crippen LogP contribution is -2.44. The van der Waals surface area contributed by atoms with Crippen LogP contribution >= 0.6 is 0 Å². The number of rotatable bonds is 16. The molecule has 0 radical (unpaired) electrons. The van der Waals surface area contributed by atoms with E-state index in [-0.39, 0.29) is 5.75 Å². The maximum Gasteiger partial charge on any atom is 0.214 e. The molecular weight excluding hydrogens is 520 g/mol. The molecule has 0 aliphatic carbocycles. The van der Waals surface area contributed by atoms with Crippen LogP contribution in [-0.4, -0.2) is 125 Å². The first kappa shape index (κ1) is 31.2. The Morgan fingerprint density at radius 3 is 2.26 bits per heavy atom. The van der Waals surface area contributed by atoms with E-state index in [1.54, 1.807) is 28.8 Å². The van der Waals surface area contributed by atoms with Crippen LogP contribution in [0.4, 0.5) is 5.69 Å². The number of aliphatic imine (C=N–C) groups is 1. The van der Waals surface area contributed by atoms with E-state index in [1.165, 1.54) is 0 Å². The van der Waals surface area contributed by atoms with E-state index in [9.17, 15) is 8.42 Å². The molecule has 2 fully saturated rings. The summed E-state index contributed by atoms with van der Waals surface area (Å²) < 4.78 is 39.1. The van der Waals surface area contributed by atoms with E-state index < -0.39 is 10.0 Å². The van der Waals surface area contributed by atoms with E-state index >= 15 is 0 Å². The second kappa shape index (κ2) is 18.1. The zero-order valence-corrected chi connectivity index (χ0v) is 23.8. The molecule has 0 spiro atoms. The molecule has 0 saturated carbocycles. The molecule has 3 heterocycles. The van der Waals surface area contributed by atoms with Gasteiger partial charge in [-0.25, -0.2) is 12.7 Å². The standard InChI is InChI=1S/C26H44N8O4S/c27-24-30-26(31-25-6-9-28-10-7-25)29-8-3-1-2-4-23-39(35,36)34(14-13-33-17-21-38-22-18-33)12-5-11-32-15-19-37-20-16-32/h6-7,9-10H,1-5,8,11-23H2,(H2,28,29,30,31). The summed E-state index contributed by atoms with van der Waals surface area (Å²) in [7, 11) is -3.33. The Balaban J connectivity index is 1.39. The van der Waals surface area contributed by atoms with Crippen molar-refractivity contribution in [1.82, 2.24) is 24.4 Å². The number of anilines is 1. The summed E-state index contributed by atoms with van der Waals surface area (Å²) in [4.78, 5) is 13.0. The molecular formula is C26H44N8O4S. The van der Waals surface area contributed by atoms with Crippen molar-refractivity contribution in [3.05, 3.63) is 24.5 Å². The van der Waals surface area contributed by atoms with Gasteiger partial charge < -0.3 is 14.8 Å². The number of nitrogens with zero attached hydrogens (tertiary/aromatic N) is 6. The molecule has 2 N–H and O–H groups in total. The highest BCUT2D eigenvalue weighted by Gasteiger charge is 2.23. The fourth-order valence-corrected chi connectivity index (χ4v) is 6.16. The van der Waals surface area contributed by atoms with E-state index in [4.69, 9.17) is 14.7 Å². The fraction of sp³-hybridized carbons (Fsp3) is 0.731. The minimum atomic E-state index is -3.33. The average Bonchev–Trinajstić information content (AvgIpc) is 2.96. The number of morpholine rings is 2. The molecule has 12 nitrogen and oxygen atoms in total. The number of hydrogen-bond donors (Lipinski definition) is 2. The average molecular weight is 565 g/mol. The number of nitrogens with one attached hydrogen (secondary N) is 2. The lowest BCUT2D eigenvalue weighted by Gasteiger charge is -2.31. The van der Waals surface area contributed by atoms with Gasteiger partial charge in [-0.1, -0.05) is 12.8 Å². The number of hydrogen-bond acceptors (Lipinski definition) is 9. The molecule has 0 atom stereocenters. The zero-order chi connectivity index (χ0) is 27.6. The lowest BCUT2D eigenvalue weighted by atomic mass is 10.2. The molecule has 1 aromatic heterocycles. The second-order valence-corrected chi connectivity index (χ2v) is 11.8. The quantitative estimate of drug-likeness (QED) is 0.0990. The number of unbranched alkanes of at least 4 members (excludes halogenated alkanes) is 3. The third-order valence-electron chi connectivity index (χ3n) is 6.85. The van der Waals surface area contributed by atoms with Crippen molar-refractivity contribution < 1.29 is 17.9 Å². The van der Waals surface area contributed by atoms with E-state index in [0.717, 1.165) is 83.9 Å². The highest BCUT2D eigenvalue weighted by atomic mass is 32.2. The van der Waals surface area contributed by atoms with Crippen molar-refractivity contribution in [2.24, 2.45) is 4.99 Å². The number of sulfonamides is 1. The van der Waals surface area contributed by atoms with Crippen LogP contribution in [0.5, 0.6) is 0 Å². The minimum Gasteiger partial charge on any atom is -0.379 e. The molecule has 39 heavy (non-hydrogen) atoms. The SMILES string of the molecule is N#CNC(=NCCCCCCS(=O)(=O)N(CCCN1CCOCC1)CCN1CCOCC1)Nc1ccncc1. The molecule has 13 heteroatoms. The summed E-state index contributed by atoms with van der Waals surface area (Å²) in [5.41, 5.74) is 0.792. The molecule has 0 amide bonds. The van der Waals surface area contributed by atoms with Gasteiger partial charge in [0.05, 0.1) is 32.2 Å². The number of nitriles is 1. The van der Waals surface area contributed by atoms with Crippen LogP contribution in [0.2, 0.25) is 0 Å². The van der Waals surface area contributed by atoms with Crippen LogP contribution in [0.25, 0.3) is 0 Å². The minimum absolute atomic E-state index is 0.168. The van der Waals surface area contributed by atoms with E-state index in [1.807, 2.05) is 6.19 Å². The third kappa shape index (κ3) is 12.6. The highest BCUT2D eigenvalue weighted by molar-refractivity contribution is 7.89. The van der Waals surface area contributed by atoms with Crippen LogP contribution in [0.3, 0.4) is 0 Å². The Labute approximate surface area is 233 Å². The molecule has 2 saturated heterocycles. The Hall–Kier alpha value is -2.34. The van der Waals surface area contributed by atoms with Crippen molar-refractivity contribution in [3.63, 3.8) is 0 Å². The molecule has 2 aliphatic rings. The van der Waals surface area contributed by atoms with Gasteiger partial charge in [-0.2, -0.15) is 5.26 Å². The van der Waals surface area contributed by atoms with Crippen molar-refractivity contribution in [2.45, 2.75) is 32.1 Å². The smallest absolute Gasteiger partial charge is 0.214 e. The Morgan fingerprint density at radius 2 is 1.59 bits per heavy atom. The molecule has 2 aliphatic heterocycles. The van der Waals surface area contributed by atoms with Crippen LogP contribution < -0.4 is 10.6 Å². The first-order chi connectivity index (χ1) is 19.1. The van der Waals surface area contributed by atoms with Crippen LogP contribution in [-0.2, 0) is 19.5 Å². The van der Waals surface area contributed by atoms with Crippen molar-refractivity contribution in [2.75, 3.05) is 96.4 Å². The summed E-state index contributed by atoms with van der Waals surface area (Å²) >= 11 is 0. The molecule has 0 aromatic carbocycles. The zero-order valence-electron chi connectivity index (χ0n) is 23.0. The fourth-order valence-electron chi connectivity index (χ4n) is 4.57. The normalized spacial score (nSPS) is 17.7. The van der Waals surface area contributed by atoms with Crippen LogP contribution in [0.15, 0.2) is 29.5 Å². The highest BCUT2D eigenvalue weighted by Crippen LogP contribution is 2.11. The summed E-state index contributed by atoms with van der Waals surface area (Å²) in [6.45, 7) is 9.72. The number of guanidine groups is 1. The monoisotopic (exact) mass is 564 g/mol. The van der Waals surface area contributed by atoms with E-state index in [0.29, 0.717) is 45.2 Å². The summed E-state index contributed by atoms with van der Waals surface area (Å²) in [5.74, 6) is 0.557. The first-order valence-electron chi connectivity index (χ1n) is 14.0. The van der Waals surface area contributed by atoms with Gasteiger partial charge in [0.15, 0.2) is 6.19 Å². The predicted octanol–water partition coefficient (Wildman–Crippen LogP) is 1.17. The largest absolute Gasteiger partial charge is 0.379 e. The van der Waals surface area contributed by atoms with E-state index in [2.05, 4.69) is 30.4 Å². The van der Waals surface area contributed by atoms with Crippen molar-refractivity contribution in [1.29, 1.82) is 5.26 Å². The van der Waals surface area contributed by atoms with Gasteiger partial charge in [0, 0.05) is 70.4 Å². The van der Waals surface area contributed by atoms with Crippen LogP contribution in [0, 0.1) is 11.5 Å². The van der Waals surface area contributed by atoms with Gasteiger partial charge in [0.1, 0.15) is 0 Å². The lowest BCUT2D eigenvalue weighted by molar-refractivity contribution is 0.0339. The van der Waals surface area contributed by atoms with Gasteiger partial charge in [0.2, 0.25) is 16.0 Å². The Morgan fingerprint density at radius 1 is 0.949 bits per heavy atom. The molecule has 0 unspecified atom stereocenters. The summed E-state index contributed by atoms with van der Waals surface area (Å²) in [5, 5.41) is 14.6. The number of ether oxygens (including phenoxy) is 2. The van der Waals surface area contributed by atoms with Gasteiger partial charge in [-0.15, -0.1) is 0 Å². The molecule has 3 rings (SSSR count). The predicted molar refractivity (Wildman–Crippen MR) is 152 cm³/mol.